The molecule has 4 nitrogen and oxygen atoms in total. The van der Waals surface area contributed by atoms with Crippen LogP contribution in [0.25, 0.3) is 123 Å². The van der Waals surface area contributed by atoms with Crippen molar-refractivity contribution in [3.8, 4) is 44.5 Å². The van der Waals surface area contributed by atoms with Crippen LogP contribution in [0.5, 0.6) is 0 Å². The summed E-state index contributed by atoms with van der Waals surface area (Å²) in [6, 6.07) is 53.0. The third kappa shape index (κ3) is 9.07. The average Bonchev–Trinajstić information content (AvgIpc) is 4.35. The molecule has 390 valence electrons. The molecule has 0 atom stereocenters. The molecular formula is C74H74N4. The van der Waals surface area contributed by atoms with Crippen molar-refractivity contribution in [2.45, 2.75) is 131 Å². The van der Waals surface area contributed by atoms with Crippen LogP contribution in [0.2, 0.25) is 0 Å². The van der Waals surface area contributed by atoms with Gasteiger partial charge in [0.2, 0.25) is 0 Å². The minimum absolute atomic E-state index is 0.0912. The molecule has 0 radical (unpaired) electrons. The van der Waals surface area contributed by atoms with Crippen LogP contribution >= 0.6 is 0 Å². The zero-order chi connectivity index (χ0) is 54.6. The highest BCUT2D eigenvalue weighted by atomic mass is 14.8. The Morgan fingerprint density at radius 1 is 0.372 bits per heavy atom. The summed E-state index contributed by atoms with van der Waals surface area (Å²) in [6.45, 7) is 30.1. The second-order valence-electron chi connectivity index (χ2n) is 26.3. The fraction of sp³-hybridized carbons (Fsp3) is 0.270. The van der Waals surface area contributed by atoms with Gasteiger partial charge in [-0.05, 0) is 165 Å². The number of unbranched alkanes of at least 4 members (excludes halogenated alkanes) is 1. The SMILES string of the molecule is CCCCc1ccc2ccc3ccc(-c4c5nc(c(-c6cc(C(C)(C)C)cc(C(C)(C)C)c6)c6ccc([nH]6)c(-c6ccccc6)c6nc(c(-c7cc(C(C)(C)C)cc(C(C)(C)C)c7)c7ccc4[nH]7)C=C6)C=C5)c4ccc1c2c34. The predicted octanol–water partition coefficient (Wildman–Crippen LogP) is 20.8. The van der Waals surface area contributed by atoms with Gasteiger partial charge in [0.05, 0.1) is 22.8 Å². The number of aryl methyl sites for hydroxylation is 1. The molecule has 10 aromatic rings. The van der Waals surface area contributed by atoms with Crippen LogP contribution in [0.4, 0.5) is 0 Å². The minimum Gasteiger partial charge on any atom is -0.354 e. The highest BCUT2D eigenvalue weighted by molar-refractivity contribution is 6.26. The molecular weight excluding hydrogens is 945 g/mol. The summed E-state index contributed by atoms with van der Waals surface area (Å²) in [6.07, 6.45) is 12.3. The smallest absolute Gasteiger partial charge is 0.0737 e. The number of H-pyrrole nitrogens is 2. The van der Waals surface area contributed by atoms with E-state index in [4.69, 9.17) is 9.97 Å². The number of nitrogens with zero attached hydrogens (tertiary/aromatic N) is 2. The van der Waals surface area contributed by atoms with E-state index in [0.29, 0.717) is 0 Å². The van der Waals surface area contributed by atoms with Gasteiger partial charge in [0.1, 0.15) is 0 Å². The van der Waals surface area contributed by atoms with Gasteiger partial charge >= 0.3 is 0 Å². The summed E-state index contributed by atoms with van der Waals surface area (Å²) in [7, 11) is 0. The van der Waals surface area contributed by atoms with Crippen LogP contribution in [0.1, 0.15) is 153 Å². The first kappa shape index (κ1) is 51.0. The predicted molar refractivity (Wildman–Crippen MR) is 338 cm³/mol. The number of hydrogen-bond donors (Lipinski definition) is 2. The van der Waals surface area contributed by atoms with Gasteiger partial charge < -0.3 is 9.97 Å². The first-order valence-corrected chi connectivity index (χ1v) is 28.4. The molecule has 5 heterocycles. The Bertz CT molecular complexity index is 4120. The molecule has 78 heavy (non-hydrogen) atoms. The molecule has 7 aromatic carbocycles. The highest BCUT2D eigenvalue weighted by Gasteiger charge is 2.27. The number of rotatable bonds is 7. The molecule has 0 unspecified atom stereocenters. The van der Waals surface area contributed by atoms with E-state index in [0.717, 1.165) is 102 Å². The van der Waals surface area contributed by atoms with E-state index < -0.39 is 0 Å². The van der Waals surface area contributed by atoms with E-state index in [1.807, 2.05) is 0 Å². The topological polar surface area (TPSA) is 57.4 Å². The Labute approximate surface area is 461 Å². The molecule has 0 spiro atoms. The molecule has 2 aliphatic heterocycles. The zero-order valence-electron chi connectivity index (χ0n) is 48.1. The summed E-state index contributed by atoms with van der Waals surface area (Å²) in [5.74, 6) is 0. The molecule has 0 saturated heterocycles. The lowest BCUT2D eigenvalue weighted by molar-refractivity contribution is 0.568. The molecule has 2 N–H and O–H groups in total. The molecule has 4 heteroatoms. The van der Waals surface area contributed by atoms with E-state index in [-0.39, 0.29) is 21.7 Å². The van der Waals surface area contributed by atoms with E-state index in [9.17, 15) is 0 Å². The number of nitrogens with one attached hydrogen (secondary N) is 2. The van der Waals surface area contributed by atoms with Crippen molar-refractivity contribution in [2.24, 2.45) is 0 Å². The highest BCUT2D eigenvalue weighted by Crippen LogP contribution is 2.46. The van der Waals surface area contributed by atoms with Gasteiger partial charge in [0.15, 0.2) is 0 Å². The molecule has 0 saturated carbocycles. The summed E-state index contributed by atoms with van der Waals surface area (Å²) in [5.41, 5.74) is 22.6. The van der Waals surface area contributed by atoms with Gasteiger partial charge in [-0.3, -0.25) is 0 Å². The molecule has 0 aliphatic carbocycles. The van der Waals surface area contributed by atoms with Gasteiger partial charge in [-0.1, -0.05) is 212 Å². The lowest BCUT2D eigenvalue weighted by Gasteiger charge is -2.26. The van der Waals surface area contributed by atoms with E-state index >= 15 is 0 Å². The quantitative estimate of drug-likeness (QED) is 0.156. The summed E-state index contributed by atoms with van der Waals surface area (Å²) in [5, 5.41) is 7.75. The van der Waals surface area contributed by atoms with Crippen molar-refractivity contribution in [2.75, 3.05) is 0 Å². The van der Waals surface area contributed by atoms with Crippen LogP contribution in [-0.2, 0) is 28.1 Å². The van der Waals surface area contributed by atoms with Crippen molar-refractivity contribution in [1.29, 1.82) is 0 Å². The maximum atomic E-state index is 5.87. The molecule has 0 amide bonds. The second-order valence-corrected chi connectivity index (χ2v) is 26.3. The Morgan fingerprint density at radius 3 is 1.21 bits per heavy atom. The fourth-order valence-corrected chi connectivity index (χ4v) is 11.9. The third-order valence-corrected chi connectivity index (χ3v) is 16.5. The van der Waals surface area contributed by atoms with E-state index in [2.05, 4.69) is 264 Å². The van der Waals surface area contributed by atoms with Crippen molar-refractivity contribution < 1.29 is 0 Å². The number of fused-ring (bicyclic) bond motifs is 8. The van der Waals surface area contributed by atoms with Gasteiger partial charge in [0.25, 0.3) is 0 Å². The van der Waals surface area contributed by atoms with E-state index in [1.54, 1.807) is 0 Å². The maximum Gasteiger partial charge on any atom is 0.0737 e. The molecule has 0 fully saturated rings. The number of aromatic nitrogens is 4. The first-order valence-electron chi connectivity index (χ1n) is 28.4. The van der Waals surface area contributed by atoms with Gasteiger partial charge in [-0.25, -0.2) is 9.97 Å². The normalized spacial score (nSPS) is 13.2. The van der Waals surface area contributed by atoms with Gasteiger partial charge in [0, 0.05) is 44.3 Å². The summed E-state index contributed by atoms with van der Waals surface area (Å²) in [4.78, 5) is 19.8. The van der Waals surface area contributed by atoms with Crippen LogP contribution in [0.15, 0.2) is 140 Å². The zero-order valence-corrected chi connectivity index (χ0v) is 48.1. The average molecular weight is 1020 g/mol. The summed E-state index contributed by atoms with van der Waals surface area (Å²) >= 11 is 0. The first-order chi connectivity index (χ1) is 37.1. The van der Waals surface area contributed by atoms with Gasteiger partial charge in [-0.15, -0.1) is 0 Å². The monoisotopic (exact) mass is 1020 g/mol. The van der Waals surface area contributed by atoms with Crippen molar-refractivity contribution in [3.05, 3.63) is 190 Å². The minimum atomic E-state index is -0.0912. The number of benzene rings is 7. The van der Waals surface area contributed by atoms with Crippen LogP contribution < -0.4 is 0 Å². The maximum absolute atomic E-state index is 5.87. The number of hydrogen-bond acceptors (Lipinski definition) is 2. The van der Waals surface area contributed by atoms with Crippen molar-refractivity contribution in [1.82, 2.24) is 19.9 Å². The van der Waals surface area contributed by atoms with E-state index in [1.165, 1.54) is 66.6 Å². The second kappa shape index (κ2) is 18.7. The Balaban J connectivity index is 1.27. The molecule has 3 aromatic heterocycles. The lowest BCUT2D eigenvalue weighted by Crippen LogP contribution is -2.16. The van der Waals surface area contributed by atoms with Gasteiger partial charge in [-0.2, -0.15) is 0 Å². The molecule has 12 rings (SSSR count). The molecule has 2 aliphatic rings. The number of aromatic amines is 2. The Hall–Kier alpha value is -7.82. The van der Waals surface area contributed by atoms with Crippen LogP contribution in [0, 0.1) is 0 Å². The van der Waals surface area contributed by atoms with Crippen molar-refractivity contribution in [3.63, 3.8) is 0 Å². The van der Waals surface area contributed by atoms with Crippen LogP contribution in [0.3, 0.4) is 0 Å². The fourth-order valence-electron chi connectivity index (χ4n) is 11.9. The van der Waals surface area contributed by atoms with Crippen molar-refractivity contribution >= 4 is 78.7 Å². The van der Waals surface area contributed by atoms with Crippen LogP contribution in [-0.4, -0.2) is 19.9 Å². The standard InChI is InChI=1S/C74H74N4/c1-14-15-19-44-22-23-46-24-25-47-26-27-56(55-29-28-54(44)65(46)66(47)55)70-63-36-34-61(77-63)68(48-38-50(71(2,3)4)42-51(39-48)72(5,6)7)59-32-30-57(75-59)67(45-20-17-16-18-21-45)58-31-33-60(76-58)69(62-35-37-64(70)78-62)49-40-52(73(8,9)10)43-53(41-49)74(11,12)13/h16-18,20-43,75,78H,14-15,19H2,1-13H3. The Morgan fingerprint density at radius 2 is 0.756 bits per heavy atom. The third-order valence-electron chi connectivity index (χ3n) is 16.5. The summed E-state index contributed by atoms with van der Waals surface area (Å²) < 4.78 is 0. The lowest BCUT2D eigenvalue weighted by atomic mass is 9.78. The largest absolute Gasteiger partial charge is 0.354 e. The Kier molecular flexibility index (Phi) is 12.2. The molecule has 8 bridgehead atoms.